The Morgan fingerprint density at radius 3 is 2.52 bits per heavy atom. The van der Waals surface area contributed by atoms with Crippen LogP contribution in [0.5, 0.6) is 0 Å². The summed E-state index contributed by atoms with van der Waals surface area (Å²) in [6, 6.07) is 19.0. The summed E-state index contributed by atoms with van der Waals surface area (Å²) in [6.45, 7) is 2.73. The smallest absolute Gasteiger partial charge is 0.0485 e. The lowest BCUT2D eigenvalue weighted by Gasteiger charge is -2.28. The topological polar surface area (TPSA) is 29.3 Å². The number of nitrogens with zero attached hydrogens (tertiary/aromatic N) is 1. The molecule has 0 amide bonds. The van der Waals surface area contributed by atoms with Gasteiger partial charge in [0.05, 0.1) is 0 Å². The van der Waals surface area contributed by atoms with Gasteiger partial charge < -0.3 is 5.73 Å². The Bertz CT molecular complexity index is 585. The molecule has 2 aromatic carbocycles. The van der Waals surface area contributed by atoms with Crippen LogP contribution in [0.25, 0.3) is 0 Å². The molecule has 2 N–H and O–H groups in total. The number of nitrogens with two attached hydrogens (primary N) is 1. The van der Waals surface area contributed by atoms with E-state index in [0.29, 0.717) is 12.5 Å². The van der Waals surface area contributed by atoms with E-state index in [2.05, 4.69) is 41.3 Å². The van der Waals surface area contributed by atoms with E-state index in [1.807, 2.05) is 18.2 Å². The van der Waals surface area contributed by atoms with Crippen molar-refractivity contribution in [3.8, 4) is 0 Å². The third-order valence-corrected chi connectivity index (χ3v) is 4.76. The van der Waals surface area contributed by atoms with Gasteiger partial charge in [-0.1, -0.05) is 60.1 Å². The van der Waals surface area contributed by atoms with Gasteiger partial charge in [0, 0.05) is 24.2 Å². The van der Waals surface area contributed by atoms with Crippen molar-refractivity contribution in [3.05, 3.63) is 70.7 Å². The largest absolute Gasteiger partial charge is 0.329 e. The second-order valence-electron chi connectivity index (χ2n) is 5.66. The minimum Gasteiger partial charge on any atom is -0.329 e. The van der Waals surface area contributed by atoms with Crippen molar-refractivity contribution in [1.82, 2.24) is 4.90 Å². The molecule has 1 aliphatic rings. The minimum absolute atomic E-state index is 0.215. The third-order valence-electron chi connectivity index (χ3n) is 4.42. The maximum Gasteiger partial charge on any atom is 0.0485 e. The van der Waals surface area contributed by atoms with Gasteiger partial charge in [-0.25, -0.2) is 0 Å². The van der Waals surface area contributed by atoms with E-state index in [0.717, 1.165) is 23.7 Å². The maximum absolute atomic E-state index is 6.35. The van der Waals surface area contributed by atoms with Gasteiger partial charge in [0.1, 0.15) is 0 Å². The van der Waals surface area contributed by atoms with Crippen LogP contribution < -0.4 is 5.73 Å². The highest BCUT2D eigenvalue weighted by Gasteiger charge is 2.29. The average Bonchev–Trinajstić information content (AvgIpc) is 3.00. The molecule has 2 nitrogen and oxygen atoms in total. The van der Waals surface area contributed by atoms with Crippen LogP contribution in [-0.4, -0.2) is 24.5 Å². The van der Waals surface area contributed by atoms with E-state index >= 15 is 0 Å². The molecule has 1 heterocycles. The van der Waals surface area contributed by atoms with Gasteiger partial charge in [0.2, 0.25) is 0 Å². The number of likely N-dealkylation sites (tertiary alicyclic amines) is 1. The highest BCUT2D eigenvalue weighted by atomic mass is 35.5. The monoisotopic (exact) mass is 300 g/mol. The van der Waals surface area contributed by atoms with E-state index in [9.17, 15) is 0 Å². The molecule has 0 radical (unpaired) electrons. The Morgan fingerprint density at radius 1 is 1.10 bits per heavy atom. The van der Waals surface area contributed by atoms with Crippen LogP contribution in [0.15, 0.2) is 54.6 Å². The van der Waals surface area contributed by atoms with Crippen molar-refractivity contribution in [2.75, 3.05) is 19.6 Å². The fourth-order valence-electron chi connectivity index (χ4n) is 3.29. The van der Waals surface area contributed by atoms with Crippen LogP contribution in [0.2, 0.25) is 5.02 Å². The number of hydrogen-bond acceptors (Lipinski definition) is 2. The molecule has 0 aliphatic carbocycles. The van der Waals surface area contributed by atoms with Crippen molar-refractivity contribution in [2.45, 2.75) is 18.4 Å². The van der Waals surface area contributed by atoms with Crippen molar-refractivity contribution in [2.24, 2.45) is 5.73 Å². The zero-order chi connectivity index (χ0) is 14.7. The zero-order valence-corrected chi connectivity index (χ0v) is 12.8. The Kier molecular flexibility index (Phi) is 4.59. The van der Waals surface area contributed by atoms with Crippen molar-refractivity contribution < 1.29 is 0 Å². The summed E-state index contributed by atoms with van der Waals surface area (Å²) >= 11 is 6.35. The lowest BCUT2D eigenvalue weighted by Crippen LogP contribution is -2.32. The molecule has 3 heteroatoms. The Hall–Kier alpha value is -1.35. The fourth-order valence-corrected chi connectivity index (χ4v) is 3.55. The molecule has 0 spiro atoms. The van der Waals surface area contributed by atoms with Gasteiger partial charge in [-0.3, -0.25) is 4.90 Å². The summed E-state index contributed by atoms with van der Waals surface area (Å²) in [5, 5.41) is 0.816. The van der Waals surface area contributed by atoms with Gasteiger partial charge >= 0.3 is 0 Å². The first-order valence-corrected chi connectivity index (χ1v) is 7.91. The Labute approximate surface area is 131 Å². The summed E-state index contributed by atoms with van der Waals surface area (Å²) in [5.41, 5.74) is 8.61. The van der Waals surface area contributed by atoms with Crippen LogP contribution in [-0.2, 0) is 0 Å². The fraction of sp³-hybridized carbons (Fsp3) is 0.333. The molecule has 110 valence electrons. The molecule has 1 aliphatic heterocycles. The molecule has 0 bridgehead atoms. The van der Waals surface area contributed by atoms with Gasteiger partial charge in [-0.15, -0.1) is 0 Å². The van der Waals surface area contributed by atoms with Crippen LogP contribution in [0.1, 0.15) is 29.5 Å². The van der Waals surface area contributed by atoms with Crippen molar-refractivity contribution >= 4 is 11.6 Å². The number of hydrogen-bond donors (Lipinski definition) is 1. The summed E-state index contributed by atoms with van der Waals surface area (Å²) in [4.78, 5) is 2.47. The lowest BCUT2D eigenvalue weighted by molar-refractivity contribution is 0.248. The van der Waals surface area contributed by atoms with Crippen molar-refractivity contribution in [3.63, 3.8) is 0 Å². The van der Waals surface area contributed by atoms with E-state index in [4.69, 9.17) is 17.3 Å². The number of rotatable bonds is 4. The molecule has 0 saturated carbocycles. The first-order chi connectivity index (χ1) is 10.3. The molecule has 2 aromatic rings. The zero-order valence-electron chi connectivity index (χ0n) is 12.1. The van der Waals surface area contributed by atoms with Crippen LogP contribution in [0, 0.1) is 0 Å². The highest BCUT2D eigenvalue weighted by molar-refractivity contribution is 6.31. The molecule has 0 aromatic heterocycles. The van der Waals surface area contributed by atoms with Crippen molar-refractivity contribution in [1.29, 1.82) is 0 Å². The van der Waals surface area contributed by atoms with Gasteiger partial charge in [-0.2, -0.15) is 0 Å². The standard InChI is InChI=1S/C18H21ClN2/c19-17-9-5-4-8-16(17)18(12-20)21-11-10-15(13-21)14-6-2-1-3-7-14/h1-9,15,18H,10-13,20H2. The first kappa shape index (κ1) is 14.6. The lowest BCUT2D eigenvalue weighted by atomic mass is 9.98. The normalized spacial score (nSPS) is 20.6. The summed E-state index contributed by atoms with van der Waals surface area (Å²) < 4.78 is 0. The SMILES string of the molecule is NCC(c1ccccc1Cl)N1CCC(c2ccccc2)C1. The average molecular weight is 301 g/mol. The molecule has 2 unspecified atom stereocenters. The second-order valence-corrected chi connectivity index (χ2v) is 6.07. The quantitative estimate of drug-likeness (QED) is 0.930. The molecule has 2 atom stereocenters. The van der Waals surface area contributed by atoms with Gasteiger partial charge in [0.15, 0.2) is 0 Å². The number of halogens is 1. The van der Waals surface area contributed by atoms with Gasteiger partial charge in [0.25, 0.3) is 0 Å². The van der Waals surface area contributed by atoms with Gasteiger partial charge in [-0.05, 0) is 36.1 Å². The Balaban J connectivity index is 1.77. The highest BCUT2D eigenvalue weighted by Crippen LogP contribution is 2.34. The Morgan fingerprint density at radius 2 is 1.81 bits per heavy atom. The van der Waals surface area contributed by atoms with Crippen LogP contribution in [0.4, 0.5) is 0 Å². The predicted molar refractivity (Wildman–Crippen MR) is 88.6 cm³/mol. The summed E-state index contributed by atoms with van der Waals surface area (Å²) in [6.07, 6.45) is 1.19. The minimum atomic E-state index is 0.215. The first-order valence-electron chi connectivity index (χ1n) is 7.53. The second kappa shape index (κ2) is 6.61. The van der Waals surface area contributed by atoms with Crippen LogP contribution >= 0.6 is 11.6 Å². The summed E-state index contributed by atoms with van der Waals surface area (Å²) in [7, 11) is 0. The number of benzene rings is 2. The van der Waals surface area contributed by atoms with E-state index in [1.54, 1.807) is 0 Å². The molecular weight excluding hydrogens is 280 g/mol. The van der Waals surface area contributed by atoms with E-state index in [-0.39, 0.29) is 6.04 Å². The molecule has 3 rings (SSSR count). The molecule has 1 fully saturated rings. The third kappa shape index (κ3) is 3.13. The predicted octanol–water partition coefficient (Wildman–Crippen LogP) is 3.83. The van der Waals surface area contributed by atoms with E-state index in [1.165, 1.54) is 12.0 Å². The van der Waals surface area contributed by atoms with E-state index < -0.39 is 0 Å². The van der Waals surface area contributed by atoms with Crippen LogP contribution in [0.3, 0.4) is 0 Å². The molecule has 21 heavy (non-hydrogen) atoms. The molecular formula is C18H21ClN2. The molecule has 1 saturated heterocycles. The maximum atomic E-state index is 6.35. The summed E-state index contributed by atoms with van der Waals surface area (Å²) in [5.74, 6) is 0.600.